The maximum Gasteiger partial charge on any atom is 0.436 e. The first-order chi connectivity index (χ1) is 13.7. The number of rotatable bonds is 8. The van der Waals surface area contributed by atoms with Crippen LogP contribution in [0.3, 0.4) is 0 Å². The summed E-state index contributed by atoms with van der Waals surface area (Å²) in [6.45, 7) is 0.671. The fraction of sp³-hybridized carbons (Fsp3) is 0.316. The van der Waals surface area contributed by atoms with Crippen LogP contribution in [0.5, 0.6) is 5.75 Å². The minimum Gasteiger partial charge on any atom is -0.497 e. The van der Waals surface area contributed by atoms with Gasteiger partial charge in [0.1, 0.15) is 5.75 Å². The van der Waals surface area contributed by atoms with Gasteiger partial charge in [-0.25, -0.2) is 4.79 Å². The molecule has 10 heteroatoms. The summed E-state index contributed by atoms with van der Waals surface area (Å²) in [7, 11) is 1.41. The molecule has 1 unspecified atom stereocenters. The Morgan fingerprint density at radius 2 is 1.83 bits per heavy atom. The number of alkyl halides is 3. The van der Waals surface area contributed by atoms with E-state index in [0.29, 0.717) is 11.3 Å². The zero-order valence-electron chi connectivity index (χ0n) is 15.7. The van der Waals surface area contributed by atoms with Crippen molar-refractivity contribution in [1.29, 1.82) is 0 Å². The Bertz CT molecular complexity index is 829. The average Bonchev–Trinajstić information content (AvgIpc) is 2.71. The smallest absolute Gasteiger partial charge is 0.436 e. The predicted molar refractivity (Wildman–Crippen MR) is 97.0 cm³/mol. The van der Waals surface area contributed by atoms with E-state index in [9.17, 15) is 22.8 Å². The summed E-state index contributed by atoms with van der Waals surface area (Å²) < 4.78 is 51.7. The quantitative estimate of drug-likeness (QED) is 0.512. The summed E-state index contributed by atoms with van der Waals surface area (Å²) in [5.41, 5.74) is -3.16. The van der Waals surface area contributed by atoms with Crippen molar-refractivity contribution in [3.05, 3.63) is 59.9 Å². The van der Waals surface area contributed by atoms with Crippen LogP contribution < -0.4 is 15.4 Å². The first-order valence-corrected chi connectivity index (χ1v) is 8.58. The summed E-state index contributed by atoms with van der Waals surface area (Å²) >= 11 is 0. The molecule has 0 aliphatic heterocycles. The molecule has 1 aromatic carbocycles. The third-order valence-electron chi connectivity index (χ3n) is 3.94. The molecule has 0 radical (unpaired) electrons. The van der Waals surface area contributed by atoms with E-state index < -0.39 is 30.3 Å². The number of methoxy groups -OCH3 is 1. The molecule has 1 aromatic heterocycles. The van der Waals surface area contributed by atoms with Crippen LogP contribution >= 0.6 is 0 Å². The van der Waals surface area contributed by atoms with Crippen LogP contribution in [0.1, 0.15) is 22.8 Å². The zero-order valence-corrected chi connectivity index (χ0v) is 15.7. The lowest BCUT2D eigenvalue weighted by molar-refractivity contribution is -0.219. The van der Waals surface area contributed by atoms with Crippen molar-refractivity contribution in [2.75, 3.05) is 13.7 Å². The molecule has 1 heterocycles. The molecule has 1 amide bonds. The van der Waals surface area contributed by atoms with E-state index in [4.69, 9.17) is 4.74 Å². The highest BCUT2D eigenvalue weighted by molar-refractivity contribution is 5.98. The van der Waals surface area contributed by atoms with Gasteiger partial charge in [0, 0.05) is 24.5 Å². The highest BCUT2D eigenvalue weighted by Gasteiger charge is 2.63. The SMILES string of the molecule is CCOC(=O)C(NCc1cccnc1)(NC(=O)c1ccc(OC)cc1)C(F)(F)F. The molecular weight excluding hydrogens is 391 g/mol. The van der Waals surface area contributed by atoms with Crippen molar-refractivity contribution in [2.45, 2.75) is 25.3 Å². The Morgan fingerprint density at radius 3 is 2.34 bits per heavy atom. The standard InChI is InChI=1S/C19H20F3N3O4/c1-3-29-17(27)18(19(20,21)22,24-12-13-5-4-10-23-11-13)25-16(26)14-6-8-15(28-2)9-7-14/h4-11,24H,3,12H2,1-2H3,(H,25,26). The third-order valence-corrected chi connectivity index (χ3v) is 3.94. The van der Waals surface area contributed by atoms with Crippen LogP contribution in [0.25, 0.3) is 0 Å². The molecule has 0 saturated heterocycles. The fourth-order valence-corrected chi connectivity index (χ4v) is 2.42. The first-order valence-electron chi connectivity index (χ1n) is 8.58. The van der Waals surface area contributed by atoms with Gasteiger partial charge in [0.2, 0.25) is 0 Å². The highest BCUT2D eigenvalue weighted by atomic mass is 19.4. The second-order valence-electron chi connectivity index (χ2n) is 5.87. The summed E-state index contributed by atoms with van der Waals surface area (Å²) in [6.07, 6.45) is -2.40. The van der Waals surface area contributed by atoms with Crippen molar-refractivity contribution in [3.63, 3.8) is 0 Å². The molecule has 7 nitrogen and oxygen atoms in total. The molecule has 2 N–H and O–H groups in total. The number of halogens is 3. The summed E-state index contributed by atoms with van der Waals surface area (Å²) in [4.78, 5) is 28.7. The lowest BCUT2D eigenvalue weighted by Crippen LogP contribution is -2.72. The molecule has 0 spiro atoms. The van der Waals surface area contributed by atoms with Crippen LogP contribution in [0, 0.1) is 0 Å². The normalized spacial score (nSPS) is 13.3. The fourth-order valence-electron chi connectivity index (χ4n) is 2.42. The molecule has 0 aliphatic carbocycles. The van der Waals surface area contributed by atoms with Gasteiger partial charge in [0.25, 0.3) is 11.6 Å². The van der Waals surface area contributed by atoms with Gasteiger partial charge < -0.3 is 14.8 Å². The van der Waals surface area contributed by atoms with E-state index in [1.807, 2.05) is 0 Å². The van der Waals surface area contributed by atoms with Crippen LogP contribution in [-0.2, 0) is 16.1 Å². The lowest BCUT2D eigenvalue weighted by Gasteiger charge is -2.34. The highest BCUT2D eigenvalue weighted by Crippen LogP contribution is 2.31. The van der Waals surface area contributed by atoms with Gasteiger partial charge in [-0.05, 0) is 42.8 Å². The van der Waals surface area contributed by atoms with E-state index >= 15 is 0 Å². The van der Waals surface area contributed by atoms with Crippen molar-refractivity contribution in [3.8, 4) is 5.75 Å². The minimum absolute atomic E-state index is 0.0908. The maximum absolute atomic E-state index is 14.0. The molecular formula is C19H20F3N3O4. The van der Waals surface area contributed by atoms with Gasteiger partial charge in [-0.3, -0.25) is 15.1 Å². The second kappa shape index (κ2) is 9.37. The Kier molecular flexibility index (Phi) is 7.16. The van der Waals surface area contributed by atoms with Gasteiger partial charge in [0.15, 0.2) is 0 Å². The lowest BCUT2D eigenvalue weighted by atomic mass is 10.1. The molecule has 0 bridgehead atoms. The third kappa shape index (κ3) is 5.23. The van der Waals surface area contributed by atoms with Crippen LogP contribution in [0.15, 0.2) is 48.8 Å². The summed E-state index contributed by atoms with van der Waals surface area (Å²) in [6, 6.07) is 8.45. The number of carbonyl (C=O) groups is 2. The minimum atomic E-state index is -5.19. The van der Waals surface area contributed by atoms with Gasteiger partial charge in [-0.2, -0.15) is 13.2 Å². The molecule has 29 heavy (non-hydrogen) atoms. The molecule has 156 valence electrons. The van der Waals surface area contributed by atoms with Crippen LogP contribution in [0.4, 0.5) is 13.2 Å². The van der Waals surface area contributed by atoms with Gasteiger partial charge >= 0.3 is 12.1 Å². The number of amides is 1. The molecule has 1 atom stereocenters. The van der Waals surface area contributed by atoms with Crippen LogP contribution in [0.2, 0.25) is 0 Å². The number of esters is 1. The van der Waals surface area contributed by atoms with Gasteiger partial charge in [-0.15, -0.1) is 0 Å². The summed E-state index contributed by atoms with van der Waals surface area (Å²) in [5, 5.41) is 3.87. The van der Waals surface area contributed by atoms with E-state index in [1.165, 1.54) is 62.8 Å². The number of carbonyl (C=O) groups excluding carboxylic acids is 2. The maximum atomic E-state index is 14.0. The van der Waals surface area contributed by atoms with E-state index in [0.717, 1.165) is 0 Å². The number of nitrogens with one attached hydrogen (secondary N) is 2. The van der Waals surface area contributed by atoms with Gasteiger partial charge in [0.05, 0.1) is 13.7 Å². The second-order valence-corrected chi connectivity index (χ2v) is 5.87. The number of hydrogen-bond donors (Lipinski definition) is 2. The van der Waals surface area contributed by atoms with Crippen molar-refractivity contribution >= 4 is 11.9 Å². The van der Waals surface area contributed by atoms with E-state index in [2.05, 4.69) is 15.0 Å². The van der Waals surface area contributed by atoms with E-state index in [1.54, 1.807) is 5.32 Å². The monoisotopic (exact) mass is 411 g/mol. The zero-order chi connectivity index (χ0) is 21.5. The first kappa shape index (κ1) is 22.2. The van der Waals surface area contributed by atoms with Crippen LogP contribution in [-0.4, -0.2) is 42.4 Å². The Labute approximate surface area is 165 Å². The molecule has 2 aromatic rings. The number of pyridine rings is 1. The van der Waals surface area contributed by atoms with Gasteiger partial charge in [-0.1, -0.05) is 6.07 Å². The number of ether oxygens (including phenoxy) is 2. The van der Waals surface area contributed by atoms with Crippen molar-refractivity contribution in [2.24, 2.45) is 0 Å². The molecule has 2 rings (SSSR count). The van der Waals surface area contributed by atoms with Crippen molar-refractivity contribution in [1.82, 2.24) is 15.6 Å². The predicted octanol–water partition coefficient (Wildman–Crippen LogP) is 2.43. The number of aromatic nitrogens is 1. The summed E-state index contributed by atoms with van der Waals surface area (Å²) in [5.74, 6) is -2.36. The topological polar surface area (TPSA) is 89.5 Å². The van der Waals surface area contributed by atoms with Crippen molar-refractivity contribution < 1.29 is 32.2 Å². The number of nitrogens with zero attached hydrogens (tertiary/aromatic N) is 1. The largest absolute Gasteiger partial charge is 0.497 e. The molecule has 0 aliphatic rings. The Morgan fingerprint density at radius 1 is 1.14 bits per heavy atom. The Hall–Kier alpha value is -3.14. The molecule has 0 saturated carbocycles. The number of hydrogen-bond acceptors (Lipinski definition) is 6. The number of benzene rings is 1. The Balaban J connectivity index is 2.37. The average molecular weight is 411 g/mol. The molecule has 0 fully saturated rings. The van der Waals surface area contributed by atoms with E-state index in [-0.39, 0.29) is 12.2 Å².